The SMILES string of the molecule is OCc1ccc(N2CCN(C3CC3)CC2)c(Cl)c1. The molecule has 0 spiro atoms. The largest absolute Gasteiger partial charge is 0.392 e. The summed E-state index contributed by atoms with van der Waals surface area (Å²) in [5.74, 6) is 0. The lowest BCUT2D eigenvalue weighted by Crippen LogP contribution is -2.47. The molecule has 0 unspecified atom stereocenters. The minimum Gasteiger partial charge on any atom is -0.392 e. The molecule has 18 heavy (non-hydrogen) atoms. The molecule has 1 aliphatic carbocycles. The summed E-state index contributed by atoms with van der Waals surface area (Å²) < 4.78 is 0. The van der Waals surface area contributed by atoms with Crippen LogP contribution in [0.5, 0.6) is 0 Å². The highest BCUT2D eigenvalue weighted by Crippen LogP contribution is 2.31. The zero-order valence-electron chi connectivity index (χ0n) is 10.5. The predicted octanol–water partition coefficient (Wildman–Crippen LogP) is 2.12. The highest BCUT2D eigenvalue weighted by Gasteiger charge is 2.31. The normalized spacial score (nSPS) is 21.3. The van der Waals surface area contributed by atoms with Crippen LogP contribution in [0.3, 0.4) is 0 Å². The van der Waals surface area contributed by atoms with Crippen LogP contribution in [-0.4, -0.2) is 42.2 Å². The van der Waals surface area contributed by atoms with Crippen molar-refractivity contribution < 1.29 is 5.11 Å². The van der Waals surface area contributed by atoms with E-state index in [1.165, 1.54) is 12.8 Å². The van der Waals surface area contributed by atoms with E-state index in [0.29, 0.717) is 0 Å². The first-order chi connectivity index (χ1) is 8.78. The topological polar surface area (TPSA) is 26.7 Å². The molecule has 1 N–H and O–H groups in total. The van der Waals surface area contributed by atoms with Crippen molar-refractivity contribution in [2.45, 2.75) is 25.5 Å². The van der Waals surface area contributed by atoms with E-state index >= 15 is 0 Å². The summed E-state index contributed by atoms with van der Waals surface area (Å²) in [4.78, 5) is 4.94. The Bertz CT molecular complexity index is 426. The second-order valence-corrected chi connectivity index (χ2v) is 5.61. The van der Waals surface area contributed by atoms with Gasteiger partial charge < -0.3 is 10.0 Å². The van der Waals surface area contributed by atoms with Crippen LogP contribution < -0.4 is 4.90 Å². The van der Waals surface area contributed by atoms with E-state index in [2.05, 4.69) is 9.80 Å². The molecule has 1 heterocycles. The van der Waals surface area contributed by atoms with Gasteiger partial charge in [-0.3, -0.25) is 4.90 Å². The van der Waals surface area contributed by atoms with E-state index in [4.69, 9.17) is 16.7 Å². The van der Waals surface area contributed by atoms with Gasteiger partial charge in [-0.2, -0.15) is 0 Å². The number of hydrogen-bond donors (Lipinski definition) is 1. The lowest BCUT2D eigenvalue weighted by atomic mass is 10.2. The third-order valence-corrected chi connectivity index (χ3v) is 4.22. The summed E-state index contributed by atoms with van der Waals surface area (Å²) in [5.41, 5.74) is 1.98. The van der Waals surface area contributed by atoms with Crippen LogP contribution in [0.1, 0.15) is 18.4 Å². The molecule has 0 bridgehead atoms. The lowest BCUT2D eigenvalue weighted by molar-refractivity contribution is 0.248. The molecule has 98 valence electrons. The van der Waals surface area contributed by atoms with Gasteiger partial charge in [-0.15, -0.1) is 0 Å². The molecule has 3 nitrogen and oxygen atoms in total. The van der Waals surface area contributed by atoms with E-state index in [9.17, 15) is 0 Å². The third kappa shape index (κ3) is 2.48. The Morgan fingerprint density at radius 3 is 2.44 bits per heavy atom. The number of halogens is 1. The molecule has 1 aromatic rings. The molecule has 0 atom stereocenters. The van der Waals surface area contributed by atoms with Crippen LogP contribution in [0, 0.1) is 0 Å². The molecular weight excluding hydrogens is 248 g/mol. The number of benzene rings is 1. The standard InChI is InChI=1S/C14H19ClN2O/c15-13-9-11(10-18)1-4-14(13)17-7-5-16(6-8-17)12-2-3-12/h1,4,9,12,18H,2-3,5-8,10H2. The summed E-state index contributed by atoms with van der Waals surface area (Å²) in [6, 6.07) is 6.71. The number of nitrogens with zero attached hydrogens (tertiary/aromatic N) is 2. The molecule has 2 aliphatic rings. The van der Waals surface area contributed by atoms with E-state index < -0.39 is 0 Å². The highest BCUT2D eigenvalue weighted by molar-refractivity contribution is 6.33. The van der Waals surface area contributed by atoms with Crippen molar-refractivity contribution in [3.63, 3.8) is 0 Å². The van der Waals surface area contributed by atoms with Crippen LogP contribution in [-0.2, 0) is 6.61 Å². The molecule has 1 aliphatic heterocycles. The minimum absolute atomic E-state index is 0.0510. The Morgan fingerprint density at radius 2 is 1.89 bits per heavy atom. The third-order valence-electron chi connectivity index (χ3n) is 3.91. The molecule has 0 amide bonds. The van der Waals surface area contributed by atoms with Gasteiger partial charge in [0.05, 0.1) is 17.3 Å². The fourth-order valence-corrected chi connectivity index (χ4v) is 3.00. The van der Waals surface area contributed by atoms with E-state index in [-0.39, 0.29) is 6.61 Å². The van der Waals surface area contributed by atoms with Gasteiger partial charge in [0.1, 0.15) is 0 Å². The predicted molar refractivity (Wildman–Crippen MR) is 74.2 cm³/mol. The maximum atomic E-state index is 9.09. The van der Waals surface area contributed by atoms with Crippen LogP contribution in [0.2, 0.25) is 5.02 Å². The first-order valence-corrected chi connectivity index (χ1v) is 7.04. The van der Waals surface area contributed by atoms with Gasteiger partial charge in [0.2, 0.25) is 0 Å². The number of rotatable bonds is 3. The maximum absolute atomic E-state index is 9.09. The van der Waals surface area contributed by atoms with Crippen molar-refractivity contribution in [3.05, 3.63) is 28.8 Å². The summed E-state index contributed by atoms with van der Waals surface area (Å²) >= 11 is 6.29. The number of aliphatic hydroxyl groups excluding tert-OH is 1. The minimum atomic E-state index is 0.0510. The Kier molecular flexibility index (Phi) is 3.46. The molecule has 2 fully saturated rings. The summed E-state index contributed by atoms with van der Waals surface area (Å²) in [6.07, 6.45) is 2.76. The molecule has 1 saturated heterocycles. The Labute approximate surface area is 113 Å². The summed E-state index contributed by atoms with van der Waals surface area (Å²) in [5, 5.41) is 9.84. The summed E-state index contributed by atoms with van der Waals surface area (Å²) in [6.45, 7) is 4.43. The second-order valence-electron chi connectivity index (χ2n) is 5.20. The lowest BCUT2D eigenvalue weighted by Gasteiger charge is -2.36. The van der Waals surface area contributed by atoms with Crippen molar-refractivity contribution in [2.24, 2.45) is 0 Å². The number of piperazine rings is 1. The van der Waals surface area contributed by atoms with Crippen LogP contribution >= 0.6 is 11.6 Å². The first kappa shape index (κ1) is 12.3. The van der Waals surface area contributed by atoms with Gasteiger partial charge in [-0.25, -0.2) is 0 Å². The quantitative estimate of drug-likeness (QED) is 0.908. The van der Waals surface area contributed by atoms with Gasteiger partial charge in [0.15, 0.2) is 0 Å². The molecule has 4 heteroatoms. The van der Waals surface area contributed by atoms with E-state index in [1.54, 1.807) is 0 Å². The highest BCUT2D eigenvalue weighted by atomic mass is 35.5. The van der Waals surface area contributed by atoms with Crippen molar-refractivity contribution in [2.75, 3.05) is 31.1 Å². The van der Waals surface area contributed by atoms with Crippen molar-refractivity contribution in [1.29, 1.82) is 0 Å². The second kappa shape index (κ2) is 5.08. The smallest absolute Gasteiger partial charge is 0.0682 e. The zero-order chi connectivity index (χ0) is 12.5. The van der Waals surface area contributed by atoms with Gasteiger partial charge in [0.25, 0.3) is 0 Å². The Balaban J connectivity index is 1.68. The number of aliphatic hydroxyl groups is 1. The van der Waals surface area contributed by atoms with Gasteiger partial charge in [-0.05, 0) is 30.5 Å². The van der Waals surface area contributed by atoms with E-state index in [0.717, 1.165) is 48.5 Å². The molecule has 1 aromatic carbocycles. The fraction of sp³-hybridized carbons (Fsp3) is 0.571. The average Bonchev–Trinajstić information content (AvgIpc) is 3.23. The van der Waals surface area contributed by atoms with Gasteiger partial charge >= 0.3 is 0 Å². The summed E-state index contributed by atoms with van der Waals surface area (Å²) in [7, 11) is 0. The molecule has 3 rings (SSSR count). The number of hydrogen-bond acceptors (Lipinski definition) is 3. The van der Waals surface area contributed by atoms with Crippen molar-refractivity contribution in [1.82, 2.24) is 4.90 Å². The van der Waals surface area contributed by atoms with Crippen LogP contribution in [0.4, 0.5) is 5.69 Å². The Hall–Kier alpha value is -0.770. The maximum Gasteiger partial charge on any atom is 0.0682 e. The monoisotopic (exact) mass is 266 g/mol. The van der Waals surface area contributed by atoms with Gasteiger partial charge in [-0.1, -0.05) is 17.7 Å². The van der Waals surface area contributed by atoms with Gasteiger partial charge in [0, 0.05) is 32.2 Å². The van der Waals surface area contributed by atoms with Crippen molar-refractivity contribution in [3.8, 4) is 0 Å². The van der Waals surface area contributed by atoms with Crippen molar-refractivity contribution >= 4 is 17.3 Å². The fourth-order valence-electron chi connectivity index (χ4n) is 2.67. The van der Waals surface area contributed by atoms with Crippen LogP contribution in [0.25, 0.3) is 0 Å². The molecule has 0 aromatic heterocycles. The Morgan fingerprint density at radius 1 is 1.17 bits per heavy atom. The molecule has 0 radical (unpaired) electrons. The molecule has 1 saturated carbocycles. The average molecular weight is 267 g/mol. The molecular formula is C14H19ClN2O. The van der Waals surface area contributed by atoms with Crippen LogP contribution in [0.15, 0.2) is 18.2 Å². The van der Waals surface area contributed by atoms with E-state index in [1.807, 2.05) is 18.2 Å². The zero-order valence-corrected chi connectivity index (χ0v) is 11.2. The number of anilines is 1. The first-order valence-electron chi connectivity index (χ1n) is 6.66.